The molecule has 0 aliphatic carbocycles. The third-order valence-corrected chi connectivity index (χ3v) is 2.34. The molecule has 4 nitrogen and oxygen atoms in total. The first-order valence-electron chi connectivity index (χ1n) is 5.16. The summed E-state index contributed by atoms with van der Waals surface area (Å²) in [6.45, 7) is 2.44. The van der Waals surface area contributed by atoms with Crippen LogP contribution in [0.3, 0.4) is 0 Å². The monoisotopic (exact) mass is 215 g/mol. The van der Waals surface area contributed by atoms with Crippen molar-refractivity contribution in [2.45, 2.75) is 6.92 Å². The van der Waals surface area contributed by atoms with E-state index in [2.05, 4.69) is 10.3 Å². The van der Waals surface area contributed by atoms with Gasteiger partial charge in [-0.1, -0.05) is 24.3 Å². The summed E-state index contributed by atoms with van der Waals surface area (Å²) in [4.78, 5) is 15.7. The highest BCUT2D eigenvalue weighted by Gasteiger charge is 2.09. The fourth-order valence-electron chi connectivity index (χ4n) is 1.59. The molecule has 3 N–H and O–H groups in total. The van der Waals surface area contributed by atoms with Crippen LogP contribution in [0, 0.1) is 0 Å². The molecule has 1 heterocycles. The molecule has 0 aliphatic rings. The number of nitrogens with one attached hydrogen (secondary N) is 1. The van der Waals surface area contributed by atoms with Crippen LogP contribution in [0.5, 0.6) is 0 Å². The van der Waals surface area contributed by atoms with E-state index in [1.54, 1.807) is 6.07 Å². The summed E-state index contributed by atoms with van der Waals surface area (Å²) in [5.41, 5.74) is 6.16. The molecule has 0 bridgehead atoms. The van der Waals surface area contributed by atoms with E-state index in [-0.39, 0.29) is 5.91 Å². The number of rotatable bonds is 2. The molecule has 0 saturated carbocycles. The molecule has 1 amide bonds. The normalized spacial score (nSPS) is 10.3. The molecule has 2 aromatic rings. The van der Waals surface area contributed by atoms with Crippen LogP contribution in [-0.4, -0.2) is 17.4 Å². The van der Waals surface area contributed by atoms with E-state index in [1.165, 1.54) is 0 Å². The van der Waals surface area contributed by atoms with Gasteiger partial charge < -0.3 is 11.1 Å². The number of aromatic nitrogens is 1. The number of nitrogens with zero attached hydrogens (tertiary/aromatic N) is 1. The number of hydrogen-bond donors (Lipinski definition) is 2. The van der Waals surface area contributed by atoms with Gasteiger partial charge in [0.25, 0.3) is 5.91 Å². The van der Waals surface area contributed by atoms with E-state index in [4.69, 9.17) is 5.73 Å². The zero-order chi connectivity index (χ0) is 11.5. The lowest BCUT2D eigenvalue weighted by molar-refractivity contribution is 0.0951. The maximum Gasteiger partial charge on any atom is 0.269 e. The minimum absolute atomic E-state index is 0.194. The predicted molar refractivity (Wildman–Crippen MR) is 64.2 cm³/mol. The van der Waals surface area contributed by atoms with Crippen molar-refractivity contribution < 1.29 is 4.79 Å². The van der Waals surface area contributed by atoms with Gasteiger partial charge in [-0.05, 0) is 18.4 Å². The second-order valence-corrected chi connectivity index (χ2v) is 3.47. The summed E-state index contributed by atoms with van der Waals surface area (Å²) in [6.07, 6.45) is 0. The fourth-order valence-corrected chi connectivity index (χ4v) is 1.59. The second kappa shape index (κ2) is 4.18. The van der Waals surface area contributed by atoms with Crippen LogP contribution in [-0.2, 0) is 0 Å². The number of nitrogens with two attached hydrogens (primary N) is 1. The van der Waals surface area contributed by atoms with Crippen molar-refractivity contribution in [1.82, 2.24) is 10.3 Å². The van der Waals surface area contributed by atoms with Crippen molar-refractivity contribution in [3.8, 4) is 0 Å². The summed E-state index contributed by atoms with van der Waals surface area (Å²) < 4.78 is 0. The molecule has 0 unspecified atom stereocenters. The van der Waals surface area contributed by atoms with Gasteiger partial charge in [0.1, 0.15) is 11.5 Å². The Morgan fingerprint density at radius 3 is 2.94 bits per heavy atom. The van der Waals surface area contributed by atoms with Crippen LogP contribution in [0.4, 0.5) is 5.82 Å². The van der Waals surface area contributed by atoms with Crippen molar-refractivity contribution >= 4 is 22.5 Å². The first kappa shape index (κ1) is 10.4. The van der Waals surface area contributed by atoms with Gasteiger partial charge in [-0.15, -0.1) is 0 Å². The van der Waals surface area contributed by atoms with E-state index in [9.17, 15) is 4.79 Å². The first-order chi connectivity index (χ1) is 7.72. The van der Waals surface area contributed by atoms with Gasteiger partial charge >= 0.3 is 0 Å². The van der Waals surface area contributed by atoms with Crippen LogP contribution in [0.25, 0.3) is 10.8 Å². The number of amides is 1. The molecule has 0 spiro atoms. The number of fused-ring (bicyclic) bond motifs is 1. The topological polar surface area (TPSA) is 68.0 Å². The van der Waals surface area contributed by atoms with Crippen molar-refractivity contribution in [1.29, 1.82) is 0 Å². The highest BCUT2D eigenvalue weighted by Crippen LogP contribution is 2.19. The van der Waals surface area contributed by atoms with E-state index < -0.39 is 0 Å². The molecule has 2 rings (SSSR count). The van der Waals surface area contributed by atoms with E-state index in [0.29, 0.717) is 18.1 Å². The number of carbonyl (C=O) groups is 1. The molecular formula is C12H13N3O. The number of pyridine rings is 1. The van der Waals surface area contributed by atoms with Crippen LogP contribution >= 0.6 is 0 Å². The molecular weight excluding hydrogens is 202 g/mol. The molecule has 82 valence electrons. The molecule has 16 heavy (non-hydrogen) atoms. The molecule has 1 aromatic carbocycles. The lowest BCUT2D eigenvalue weighted by Gasteiger charge is -2.05. The van der Waals surface area contributed by atoms with Crippen LogP contribution < -0.4 is 11.1 Å². The molecule has 0 radical (unpaired) electrons. The van der Waals surface area contributed by atoms with Gasteiger partial charge in [0, 0.05) is 11.9 Å². The Hall–Kier alpha value is -2.10. The van der Waals surface area contributed by atoms with Crippen molar-refractivity contribution in [2.24, 2.45) is 0 Å². The number of carbonyl (C=O) groups excluding carboxylic acids is 1. The summed E-state index contributed by atoms with van der Waals surface area (Å²) >= 11 is 0. The Bertz CT molecular complexity index is 537. The van der Waals surface area contributed by atoms with Crippen LogP contribution in [0.1, 0.15) is 17.4 Å². The fraction of sp³-hybridized carbons (Fsp3) is 0.167. The maximum atomic E-state index is 11.6. The van der Waals surface area contributed by atoms with E-state index in [1.807, 2.05) is 31.2 Å². The Balaban J connectivity index is 2.53. The van der Waals surface area contributed by atoms with Gasteiger partial charge in [-0.3, -0.25) is 4.79 Å². The average Bonchev–Trinajstić information content (AvgIpc) is 2.29. The van der Waals surface area contributed by atoms with Gasteiger partial charge in [0.05, 0.1) is 0 Å². The largest absolute Gasteiger partial charge is 0.383 e. The van der Waals surface area contributed by atoms with Crippen LogP contribution in [0.15, 0.2) is 30.3 Å². The van der Waals surface area contributed by atoms with Crippen molar-refractivity contribution in [3.63, 3.8) is 0 Å². The van der Waals surface area contributed by atoms with Gasteiger partial charge in [0.15, 0.2) is 0 Å². The van der Waals surface area contributed by atoms with Crippen molar-refractivity contribution in [2.75, 3.05) is 12.3 Å². The SMILES string of the molecule is CCNC(=O)c1cc2ccccc2c(N)n1. The lowest BCUT2D eigenvalue weighted by Crippen LogP contribution is -2.24. The second-order valence-electron chi connectivity index (χ2n) is 3.47. The van der Waals surface area contributed by atoms with Crippen molar-refractivity contribution in [3.05, 3.63) is 36.0 Å². The molecule has 0 saturated heterocycles. The lowest BCUT2D eigenvalue weighted by atomic mass is 10.1. The zero-order valence-electron chi connectivity index (χ0n) is 9.03. The Kier molecular flexibility index (Phi) is 2.72. The Labute approximate surface area is 93.5 Å². The Morgan fingerprint density at radius 1 is 1.44 bits per heavy atom. The summed E-state index contributed by atoms with van der Waals surface area (Å²) in [5, 5.41) is 4.49. The Morgan fingerprint density at radius 2 is 2.19 bits per heavy atom. The number of hydrogen-bond acceptors (Lipinski definition) is 3. The first-order valence-corrected chi connectivity index (χ1v) is 5.16. The molecule has 0 atom stereocenters. The standard InChI is InChI=1S/C12H13N3O/c1-2-14-12(16)10-7-8-5-3-4-6-9(8)11(13)15-10/h3-7H,2H2,1H3,(H2,13,15)(H,14,16). The van der Waals surface area contributed by atoms with Gasteiger partial charge in [-0.25, -0.2) is 4.98 Å². The van der Waals surface area contributed by atoms with Crippen LogP contribution in [0.2, 0.25) is 0 Å². The molecule has 4 heteroatoms. The third-order valence-electron chi connectivity index (χ3n) is 2.34. The van der Waals surface area contributed by atoms with Gasteiger partial charge in [0.2, 0.25) is 0 Å². The highest BCUT2D eigenvalue weighted by atomic mass is 16.1. The maximum absolute atomic E-state index is 11.6. The summed E-state index contributed by atoms with van der Waals surface area (Å²) in [6, 6.07) is 9.35. The zero-order valence-corrected chi connectivity index (χ0v) is 9.03. The number of anilines is 1. The van der Waals surface area contributed by atoms with E-state index >= 15 is 0 Å². The average molecular weight is 215 g/mol. The highest BCUT2D eigenvalue weighted by molar-refractivity contribution is 5.99. The summed E-state index contributed by atoms with van der Waals surface area (Å²) in [7, 11) is 0. The quantitative estimate of drug-likeness (QED) is 0.799. The third kappa shape index (κ3) is 1.82. The minimum atomic E-state index is -0.194. The minimum Gasteiger partial charge on any atom is -0.383 e. The van der Waals surface area contributed by atoms with Gasteiger partial charge in [-0.2, -0.15) is 0 Å². The molecule has 0 fully saturated rings. The molecule has 1 aromatic heterocycles. The molecule has 0 aliphatic heterocycles. The smallest absolute Gasteiger partial charge is 0.269 e. The van der Waals surface area contributed by atoms with E-state index in [0.717, 1.165) is 10.8 Å². The number of benzene rings is 1. The number of nitrogen functional groups attached to an aromatic ring is 1. The summed E-state index contributed by atoms with van der Waals surface area (Å²) in [5.74, 6) is 0.194. The predicted octanol–water partition coefficient (Wildman–Crippen LogP) is 1.57.